The predicted octanol–water partition coefficient (Wildman–Crippen LogP) is 6.39. The molecule has 0 saturated heterocycles. The van der Waals surface area contributed by atoms with Crippen LogP contribution >= 0.6 is 57.9 Å². The van der Waals surface area contributed by atoms with Crippen LogP contribution < -0.4 is 4.72 Å². The van der Waals surface area contributed by atoms with E-state index in [-0.39, 0.29) is 9.92 Å². The van der Waals surface area contributed by atoms with E-state index in [1.807, 2.05) is 18.2 Å². The number of rotatable bonds is 6. The third-order valence-corrected chi connectivity index (χ3v) is 9.23. The predicted molar refractivity (Wildman–Crippen MR) is 136 cm³/mol. The second-order valence-electron chi connectivity index (χ2n) is 6.83. The molecule has 14 heteroatoms. The first-order chi connectivity index (χ1) is 16.3. The number of H-pyrrole nitrogens is 1. The molecule has 34 heavy (non-hydrogen) atoms. The van der Waals surface area contributed by atoms with Gasteiger partial charge in [-0.25, -0.2) is 13.4 Å². The second-order valence-corrected chi connectivity index (χ2v) is 12.0. The van der Waals surface area contributed by atoms with E-state index in [2.05, 4.69) is 30.3 Å². The molecule has 0 unspecified atom stereocenters. The van der Waals surface area contributed by atoms with Crippen molar-refractivity contribution in [3.63, 3.8) is 0 Å². The Morgan fingerprint density at radius 3 is 2.56 bits per heavy atom. The summed E-state index contributed by atoms with van der Waals surface area (Å²) in [6.45, 7) is 0. The van der Waals surface area contributed by atoms with Gasteiger partial charge in [-0.15, -0.1) is 21.5 Å². The van der Waals surface area contributed by atoms with Crippen LogP contribution in [0.1, 0.15) is 0 Å². The number of benzene rings is 3. The highest BCUT2D eigenvalue weighted by Gasteiger charge is 2.19. The van der Waals surface area contributed by atoms with Gasteiger partial charge in [-0.1, -0.05) is 46.6 Å². The highest BCUT2D eigenvalue weighted by molar-refractivity contribution is 8.01. The number of tetrazole rings is 1. The van der Waals surface area contributed by atoms with Crippen molar-refractivity contribution in [1.29, 1.82) is 0 Å². The summed E-state index contributed by atoms with van der Waals surface area (Å²) in [6, 6.07) is 14.8. The number of nitrogens with one attached hydrogen (secondary N) is 2. The zero-order valence-electron chi connectivity index (χ0n) is 16.7. The molecule has 5 aromatic rings. The Bertz CT molecular complexity index is 1620. The van der Waals surface area contributed by atoms with Gasteiger partial charge >= 0.3 is 0 Å². The molecule has 0 radical (unpaired) electrons. The molecule has 0 aliphatic carbocycles. The van der Waals surface area contributed by atoms with E-state index in [0.29, 0.717) is 21.6 Å². The topological polar surface area (TPSA) is 114 Å². The lowest BCUT2D eigenvalue weighted by Crippen LogP contribution is -2.13. The first kappa shape index (κ1) is 23.3. The number of nitrogens with zero attached hydrogens (tertiary/aromatic N) is 4. The van der Waals surface area contributed by atoms with Crippen molar-refractivity contribution >= 4 is 83.8 Å². The lowest BCUT2D eigenvalue weighted by atomic mass is 10.2. The summed E-state index contributed by atoms with van der Waals surface area (Å²) in [5.41, 5.74) is 1.91. The average Bonchev–Trinajstić information content (AvgIpc) is 3.44. The van der Waals surface area contributed by atoms with Crippen LogP contribution in [0.5, 0.6) is 0 Å². The van der Waals surface area contributed by atoms with Crippen molar-refractivity contribution in [1.82, 2.24) is 25.6 Å². The molecule has 0 aliphatic rings. The number of aromatic amines is 1. The molecule has 3 aromatic carbocycles. The van der Waals surface area contributed by atoms with E-state index >= 15 is 0 Å². The van der Waals surface area contributed by atoms with Crippen LogP contribution in [0.25, 0.3) is 21.6 Å². The van der Waals surface area contributed by atoms with Gasteiger partial charge in [0.15, 0.2) is 4.34 Å². The molecule has 0 fully saturated rings. The lowest BCUT2D eigenvalue weighted by Gasteiger charge is -2.11. The summed E-state index contributed by atoms with van der Waals surface area (Å²) in [4.78, 5) is 5.31. The van der Waals surface area contributed by atoms with Gasteiger partial charge in [0, 0.05) is 15.5 Å². The number of aromatic nitrogens is 5. The zero-order valence-corrected chi connectivity index (χ0v) is 21.4. The first-order valence-corrected chi connectivity index (χ1v) is 13.6. The third-order valence-electron chi connectivity index (χ3n) is 4.54. The van der Waals surface area contributed by atoms with E-state index in [9.17, 15) is 8.42 Å². The molecule has 2 heterocycles. The number of hydrogen-bond acceptors (Lipinski definition) is 8. The van der Waals surface area contributed by atoms with Gasteiger partial charge in [0.05, 0.1) is 25.9 Å². The van der Waals surface area contributed by atoms with Crippen molar-refractivity contribution in [3.8, 4) is 11.4 Å². The average molecular weight is 570 g/mol. The fraction of sp³-hybridized carbons (Fsp3) is 0. The Hall–Kier alpha value is -2.41. The van der Waals surface area contributed by atoms with Crippen LogP contribution in [0, 0.1) is 0 Å². The summed E-state index contributed by atoms with van der Waals surface area (Å²) < 4.78 is 29.7. The number of fused-ring (bicyclic) bond motifs is 1. The molecule has 0 saturated carbocycles. The largest absolute Gasteiger partial charge is 0.280 e. The van der Waals surface area contributed by atoms with Crippen molar-refractivity contribution in [3.05, 3.63) is 69.7 Å². The van der Waals surface area contributed by atoms with Crippen molar-refractivity contribution in [2.75, 3.05) is 4.72 Å². The standard InChI is InChI=1S/C20H11Cl3N6O2S3/c21-11-2-6-18(14(23)8-11)34(30,31)27-12-3-5-16(13(22)9-12)32-20-24-15-7-10(1-4-17(15)33-20)19-25-28-29-26-19/h1-9,27H,(H,25,26,28,29). The quantitative estimate of drug-likeness (QED) is 0.244. The molecule has 0 bridgehead atoms. The fourth-order valence-electron chi connectivity index (χ4n) is 3.02. The van der Waals surface area contributed by atoms with E-state index in [1.165, 1.54) is 47.4 Å². The summed E-state index contributed by atoms with van der Waals surface area (Å²) in [5, 5.41) is 14.7. The molecule has 2 aromatic heterocycles. The van der Waals surface area contributed by atoms with Crippen molar-refractivity contribution in [2.24, 2.45) is 0 Å². The SMILES string of the molecule is O=S(=O)(Nc1ccc(Sc2nc3cc(-c4nn[nH]n4)ccc3s2)c(Cl)c1)c1ccc(Cl)cc1Cl. The minimum absolute atomic E-state index is 0.0246. The summed E-state index contributed by atoms with van der Waals surface area (Å²) in [5.74, 6) is 0.491. The van der Waals surface area contributed by atoms with Crippen LogP contribution in [0.3, 0.4) is 0 Å². The highest BCUT2D eigenvalue weighted by atomic mass is 35.5. The van der Waals surface area contributed by atoms with Crippen LogP contribution in [0.2, 0.25) is 15.1 Å². The normalized spacial score (nSPS) is 11.7. The summed E-state index contributed by atoms with van der Waals surface area (Å²) >= 11 is 21.2. The van der Waals surface area contributed by atoms with E-state index < -0.39 is 10.0 Å². The van der Waals surface area contributed by atoms with Crippen LogP contribution in [-0.2, 0) is 10.0 Å². The molecule has 0 atom stereocenters. The smallest absolute Gasteiger partial charge is 0.263 e. The van der Waals surface area contributed by atoms with Crippen LogP contribution in [-0.4, -0.2) is 34.0 Å². The minimum Gasteiger partial charge on any atom is -0.280 e. The van der Waals surface area contributed by atoms with E-state index in [4.69, 9.17) is 34.8 Å². The molecule has 0 amide bonds. The van der Waals surface area contributed by atoms with Gasteiger partial charge in [0.1, 0.15) is 4.90 Å². The Kier molecular flexibility index (Phi) is 6.40. The Morgan fingerprint density at radius 1 is 0.971 bits per heavy atom. The molecule has 5 rings (SSSR count). The zero-order chi connectivity index (χ0) is 23.9. The summed E-state index contributed by atoms with van der Waals surface area (Å²) in [7, 11) is -3.92. The molecular formula is C20H11Cl3N6O2S3. The van der Waals surface area contributed by atoms with Gasteiger partial charge < -0.3 is 0 Å². The lowest BCUT2D eigenvalue weighted by molar-refractivity contribution is 0.601. The number of hydrogen-bond donors (Lipinski definition) is 2. The number of anilines is 1. The second kappa shape index (κ2) is 9.33. The van der Waals surface area contributed by atoms with Crippen molar-refractivity contribution < 1.29 is 8.42 Å². The Balaban J connectivity index is 1.36. The third kappa shape index (κ3) is 4.85. The number of halogens is 3. The van der Waals surface area contributed by atoms with E-state index in [0.717, 1.165) is 25.0 Å². The van der Waals surface area contributed by atoms with Gasteiger partial charge in [-0.05, 0) is 59.8 Å². The molecular weight excluding hydrogens is 559 g/mol. The molecule has 0 aliphatic heterocycles. The number of sulfonamides is 1. The number of thiazole rings is 1. The molecule has 172 valence electrons. The first-order valence-electron chi connectivity index (χ1n) is 9.38. The molecule has 0 spiro atoms. The highest BCUT2D eigenvalue weighted by Crippen LogP contribution is 2.39. The monoisotopic (exact) mass is 568 g/mol. The van der Waals surface area contributed by atoms with E-state index in [1.54, 1.807) is 12.1 Å². The maximum atomic E-state index is 12.7. The van der Waals surface area contributed by atoms with Gasteiger partial charge in [0.2, 0.25) is 5.82 Å². The van der Waals surface area contributed by atoms with Gasteiger partial charge in [0.25, 0.3) is 10.0 Å². The fourth-order valence-corrected chi connectivity index (χ4v) is 7.14. The Labute approximate surface area is 216 Å². The minimum atomic E-state index is -3.92. The maximum absolute atomic E-state index is 12.7. The summed E-state index contributed by atoms with van der Waals surface area (Å²) in [6.07, 6.45) is 0. The maximum Gasteiger partial charge on any atom is 0.263 e. The molecule has 8 nitrogen and oxygen atoms in total. The molecule has 2 N–H and O–H groups in total. The van der Waals surface area contributed by atoms with Gasteiger partial charge in [-0.3, -0.25) is 4.72 Å². The van der Waals surface area contributed by atoms with Crippen LogP contribution in [0.4, 0.5) is 5.69 Å². The Morgan fingerprint density at radius 2 is 1.82 bits per heavy atom. The van der Waals surface area contributed by atoms with Crippen LogP contribution in [0.15, 0.2) is 68.7 Å². The van der Waals surface area contributed by atoms with Crippen molar-refractivity contribution in [2.45, 2.75) is 14.1 Å². The van der Waals surface area contributed by atoms with Gasteiger partial charge in [-0.2, -0.15) is 5.21 Å².